The second-order valence-electron chi connectivity index (χ2n) is 8.95. The van der Waals surface area contributed by atoms with Gasteiger partial charge in [-0.1, -0.05) is 37.1 Å². The lowest BCUT2D eigenvalue weighted by molar-refractivity contribution is 0.131. The summed E-state index contributed by atoms with van der Waals surface area (Å²) >= 11 is 0. The van der Waals surface area contributed by atoms with Crippen molar-refractivity contribution >= 4 is 11.2 Å². The van der Waals surface area contributed by atoms with Crippen molar-refractivity contribution in [1.29, 1.82) is 0 Å². The lowest BCUT2D eigenvalue weighted by Crippen LogP contribution is -2.39. The number of likely N-dealkylation sites (tertiary alicyclic amines) is 1. The van der Waals surface area contributed by atoms with Gasteiger partial charge in [-0.2, -0.15) is 0 Å². The third-order valence-corrected chi connectivity index (χ3v) is 6.82. The number of aryl methyl sites for hydroxylation is 3. The molecule has 1 fully saturated rings. The summed E-state index contributed by atoms with van der Waals surface area (Å²) in [5.74, 6) is 0.856. The second kappa shape index (κ2) is 8.46. The van der Waals surface area contributed by atoms with Crippen molar-refractivity contribution in [2.24, 2.45) is 14.1 Å². The Hall–Kier alpha value is -2.67. The van der Waals surface area contributed by atoms with Crippen molar-refractivity contribution in [2.75, 3.05) is 6.54 Å². The number of nitrogens with zero attached hydrogens (tertiary/aromatic N) is 5. The maximum atomic E-state index is 13.2. The summed E-state index contributed by atoms with van der Waals surface area (Å²) in [6.45, 7) is 8.72. The molecule has 166 valence electrons. The number of fused-ring (bicyclic) bond motifs is 1. The van der Waals surface area contributed by atoms with E-state index in [1.165, 1.54) is 52.1 Å². The number of hydrogen-bond donors (Lipinski definition) is 0. The minimum Gasteiger partial charge on any atom is -0.317 e. The fourth-order valence-corrected chi connectivity index (χ4v) is 4.84. The van der Waals surface area contributed by atoms with Crippen LogP contribution in [0.25, 0.3) is 11.2 Å². The van der Waals surface area contributed by atoms with Crippen LogP contribution in [0.1, 0.15) is 55.1 Å². The topological polar surface area (TPSA) is 65.1 Å². The summed E-state index contributed by atoms with van der Waals surface area (Å²) in [6.07, 6.45) is 4.77. The molecule has 0 amide bonds. The lowest BCUT2D eigenvalue weighted by Gasteiger charge is -2.34. The smallest absolute Gasteiger partial charge is 0.317 e. The van der Waals surface area contributed by atoms with Crippen molar-refractivity contribution in [2.45, 2.75) is 65.6 Å². The number of benzene rings is 1. The molecular formula is C24H33N5O2. The molecule has 0 spiro atoms. The van der Waals surface area contributed by atoms with Crippen LogP contribution in [-0.4, -0.2) is 36.2 Å². The van der Waals surface area contributed by atoms with Gasteiger partial charge in [-0.25, -0.2) is 9.78 Å². The van der Waals surface area contributed by atoms with Crippen LogP contribution in [0.3, 0.4) is 0 Å². The van der Waals surface area contributed by atoms with Crippen molar-refractivity contribution in [3.05, 3.63) is 61.6 Å². The number of hydrogen-bond acceptors (Lipinski definition) is 4. The van der Waals surface area contributed by atoms with Gasteiger partial charge < -0.3 is 4.57 Å². The standard InChI is InChI=1S/C24H33N5O2/c1-6-19-9-7-8-12-28(19)15-20-25-22-21(23(30)27(5)24(31)26(22)4)29(20)14-18-13-16(2)10-11-17(18)3/h10-11,13,19H,6-9,12,14-15H2,1-5H3. The van der Waals surface area contributed by atoms with Crippen LogP contribution < -0.4 is 11.2 Å². The molecule has 0 N–H and O–H groups in total. The summed E-state index contributed by atoms with van der Waals surface area (Å²) in [4.78, 5) is 33.1. The monoisotopic (exact) mass is 423 g/mol. The molecule has 2 aromatic heterocycles. The predicted molar refractivity (Wildman–Crippen MR) is 124 cm³/mol. The molecule has 0 radical (unpaired) electrons. The van der Waals surface area contributed by atoms with Crippen LogP contribution in [0.2, 0.25) is 0 Å². The fraction of sp³-hybridized carbons (Fsp3) is 0.542. The Kier molecular flexibility index (Phi) is 5.88. The van der Waals surface area contributed by atoms with Crippen LogP contribution >= 0.6 is 0 Å². The van der Waals surface area contributed by atoms with Gasteiger partial charge in [0.05, 0.1) is 6.54 Å². The first-order valence-electron chi connectivity index (χ1n) is 11.3. The summed E-state index contributed by atoms with van der Waals surface area (Å²) in [5, 5.41) is 0. The van der Waals surface area contributed by atoms with Gasteiger partial charge >= 0.3 is 5.69 Å². The van der Waals surface area contributed by atoms with E-state index < -0.39 is 0 Å². The van der Waals surface area contributed by atoms with E-state index in [1.807, 2.05) is 4.57 Å². The van der Waals surface area contributed by atoms with E-state index in [4.69, 9.17) is 4.98 Å². The van der Waals surface area contributed by atoms with Crippen LogP contribution in [0, 0.1) is 13.8 Å². The number of imidazole rings is 1. The predicted octanol–water partition coefficient (Wildman–Crippen LogP) is 2.86. The molecule has 4 rings (SSSR count). The quantitative estimate of drug-likeness (QED) is 0.633. The molecule has 1 aliphatic heterocycles. The van der Waals surface area contributed by atoms with E-state index in [-0.39, 0.29) is 11.2 Å². The van der Waals surface area contributed by atoms with Gasteiger partial charge in [-0.05, 0) is 50.8 Å². The van der Waals surface area contributed by atoms with Crippen LogP contribution in [-0.2, 0) is 27.2 Å². The summed E-state index contributed by atoms with van der Waals surface area (Å²) in [6, 6.07) is 6.94. The molecule has 31 heavy (non-hydrogen) atoms. The Bertz CT molecular complexity index is 1230. The lowest BCUT2D eigenvalue weighted by atomic mass is 10.00. The third-order valence-electron chi connectivity index (χ3n) is 6.82. The van der Waals surface area contributed by atoms with E-state index in [0.717, 1.165) is 18.8 Å². The third kappa shape index (κ3) is 3.87. The van der Waals surface area contributed by atoms with Crippen LogP contribution in [0.5, 0.6) is 0 Å². The summed E-state index contributed by atoms with van der Waals surface area (Å²) in [7, 11) is 3.23. The van der Waals surface area contributed by atoms with Gasteiger partial charge in [0.25, 0.3) is 5.56 Å². The molecule has 1 atom stereocenters. The van der Waals surface area contributed by atoms with Crippen LogP contribution in [0.15, 0.2) is 27.8 Å². The minimum absolute atomic E-state index is 0.284. The summed E-state index contributed by atoms with van der Waals surface area (Å²) in [5.41, 5.74) is 3.89. The highest BCUT2D eigenvalue weighted by molar-refractivity contribution is 5.71. The zero-order chi connectivity index (χ0) is 22.3. The van der Waals surface area contributed by atoms with E-state index in [9.17, 15) is 9.59 Å². The van der Waals surface area contributed by atoms with Gasteiger partial charge in [0.15, 0.2) is 11.2 Å². The molecule has 0 saturated carbocycles. The maximum Gasteiger partial charge on any atom is 0.332 e. The number of rotatable bonds is 5. The Balaban J connectivity index is 1.90. The van der Waals surface area contributed by atoms with Crippen molar-refractivity contribution in [1.82, 2.24) is 23.6 Å². The van der Waals surface area contributed by atoms with E-state index >= 15 is 0 Å². The highest BCUT2D eigenvalue weighted by Gasteiger charge is 2.25. The van der Waals surface area contributed by atoms with Crippen molar-refractivity contribution in [3.8, 4) is 0 Å². The minimum atomic E-state index is -0.343. The number of aromatic nitrogens is 4. The first-order chi connectivity index (χ1) is 14.8. The molecule has 0 bridgehead atoms. The normalized spacial score (nSPS) is 17.5. The van der Waals surface area contributed by atoms with Gasteiger partial charge in [0.1, 0.15) is 5.82 Å². The summed E-state index contributed by atoms with van der Waals surface area (Å²) < 4.78 is 4.72. The molecule has 1 unspecified atom stereocenters. The van der Waals surface area contributed by atoms with Crippen LogP contribution in [0.4, 0.5) is 0 Å². The highest BCUT2D eigenvalue weighted by atomic mass is 16.2. The van der Waals surface area contributed by atoms with E-state index in [2.05, 4.69) is 43.9 Å². The van der Waals surface area contributed by atoms with Crippen molar-refractivity contribution < 1.29 is 0 Å². The first-order valence-corrected chi connectivity index (χ1v) is 11.3. The highest BCUT2D eigenvalue weighted by Crippen LogP contribution is 2.24. The van der Waals surface area contributed by atoms with Crippen molar-refractivity contribution in [3.63, 3.8) is 0 Å². The molecule has 7 nitrogen and oxygen atoms in total. The molecule has 3 aromatic rings. The molecule has 0 aliphatic carbocycles. The molecule has 1 aliphatic rings. The largest absolute Gasteiger partial charge is 0.332 e. The Morgan fingerprint density at radius 3 is 2.58 bits per heavy atom. The molecule has 1 saturated heterocycles. The van der Waals surface area contributed by atoms with Gasteiger partial charge in [0.2, 0.25) is 0 Å². The molecule has 7 heteroatoms. The van der Waals surface area contributed by atoms with E-state index in [1.54, 1.807) is 7.05 Å². The Morgan fingerprint density at radius 1 is 1.06 bits per heavy atom. The van der Waals surface area contributed by atoms with Gasteiger partial charge in [-0.15, -0.1) is 0 Å². The molecule has 3 heterocycles. The first kappa shape index (κ1) is 21.6. The fourth-order valence-electron chi connectivity index (χ4n) is 4.84. The maximum absolute atomic E-state index is 13.2. The SMILES string of the molecule is CCC1CCCCN1Cc1nc2c(c(=O)n(C)c(=O)n2C)n1Cc1cc(C)ccc1C. The Labute approximate surface area is 182 Å². The second-order valence-corrected chi connectivity index (χ2v) is 8.95. The van der Waals surface area contributed by atoms with E-state index in [0.29, 0.717) is 30.3 Å². The van der Waals surface area contributed by atoms with Gasteiger partial charge in [-0.3, -0.25) is 18.8 Å². The molecule has 1 aromatic carbocycles. The van der Waals surface area contributed by atoms with Gasteiger partial charge in [0, 0.05) is 26.7 Å². The average Bonchev–Trinajstić information content (AvgIpc) is 3.11. The molecular weight excluding hydrogens is 390 g/mol. The number of piperidine rings is 1. The average molecular weight is 424 g/mol. The Morgan fingerprint density at radius 2 is 1.84 bits per heavy atom. The zero-order valence-corrected chi connectivity index (χ0v) is 19.3. The zero-order valence-electron chi connectivity index (χ0n) is 19.3.